The normalized spacial score (nSPS) is 37.0. The third kappa shape index (κ3) is 1.49. The van der Waals surface area contributed by atoms with E-state index < -0.39 is 0 Å². The van der Waals surface area contributed by atoms with Gasteiger partial charge in [0.2, 0.25) is 0 Å². The summed E-state index contributed by atoms with van der Waals surface area (Å²) in [5, 5.41) is 0. The Labute approximate surface area is 137 Å². The molecule has 0 aromatic heterocycles. The van der Waals surface area contributed by atoms with Crippen LogP contribution in [0.2, 0.25) is 0 Å². The molecule has 0 amide bonds. The van der Waals surface area contributed by atoms with E-state index in [1.165, 1.54) is 11.1 Å². The molecule has 4 aliphatic rings. The minimum absolute atomic E-state index is 0.00639. The first-order valence-corrected chi connectivity index (χ1v) is 8.51. The lowest BCUT2D eigenvalue weighted by molar-refractivity contribution is -0.0357. The van der Waals surface area contributed by atoms with Crippen molar-refractivity contribution in [2.24, 2.45) is 0 Å². The van der Waals surface area contributed by atoms with Crippen LogP contribution < -0.4 is 9.47 Å². The zero-order chi connectivity index (χ0) is 15.8. The zero-order valence-corrected chi connectivity index (χ0v) is 14.0. The predicted octanol–water partition coefficient (Wildman–Crippen LogP) is 2.30. The predicted molar refractivity (Wildman–Crippen MR) is 87.3 cm³/mol. The van der Waals surface area contributed by atoms with Crippen LogP contribution in [0.3, 0.4) is 0 Å². The molecule has 2 bridgehead atoms. The van der Waals surface area contributed by atoms with E-state index in [9.17, 15) is 0 Å². The van der Waals surface area contributed by atoms with Crippen LogP contribution in [0.1, 0.15) is 24.0 Å². The first-order chi connectivity index (χ1) is 11.2. The summed E-state index contributed by atoms with van der Waals surface area (Å²) < 4.78 is 17.9. The fourth-order valence-corrected chi connectivity index (χ4v) is 5.45. The quantitative estimate of drug-likeness (QED) is 0.784. The van der Waals surface area contributed by atoms with E-state index >= 15 is 0 Å². The Bertz CT molecular complexity index is 713. The third-order valence-electron chi connectivity index (χ3n) is 6.49. The zero-order valence-electron chi connectivity index (χ0n) is 14.0. The number of methoxy groups -OCH3 is 2. The highest BCUT2D eigenvalue weighted by Gasteiger charge is 2.62. The number of nitrogens with zero attached hydrogens (tertiary/aromatic N) is 1. The van der Waals surface area contributed by atoms with Gasteiger partial charge in [-0.2, -0.15) is 0 Å². The minimum Gasteiger partial charge on any atom is -0.493 e. The third-order valence-corrected chi connectivity index (χ3v) is 6.49. The van der Waals surface area contributed by atoms with Crippen molar-refractivity contribution in [3.8, 4) is 11.5 Å². The number of hydrogen-bond acceptors (Lipinski definition) is 4. The molecule has 2 aliphatic carbocycles. The first-order valence-electron chi connectivity index (χ1n) is 8.51. The van der Waals surface area contributed by atoms with Gasteiger partial charge in [-0.15, -0.1) is 0 Å². The summed E-state index contributed by atoms with van der Waals surface area (Å²) in [6.07, 6.45) is 5.74. The fourth-order valence-electron chi connectivity index (χ4n) is 5.45. The average Bonchev–Trinajstić information content (AvgIpc) is 2.92. The van der Waals surface area contributed by atoms with E-state index in [4.69, 9.17) is 14.2 Å². The standard InChI is InChI=1S/C19H23NO3/c1-20-9-8-19-12-5-7-15(22-3)18(19)23-17-14(21-2)6-4-11(16(17)19)10-13(12)20/h4-6,13,15,18H,7-10H2,1-3H3. The number of likely N-dealkylation sites (tertiary alicyclic amines) is 1. The Hall–Kier alpha value is -1.52. The van der Waals surface area contributed by atoms with Crippen LogP contribution in [0.4, 0.5) is 0 Å². The van der Waals surface area contributed by atoms with Gasteiger partial charge >= 0.3 is 0 Å². The molecule has 0 radical (unpaired) electrons. The SMILES string of the molecule is COc1ccc2c3c1OC1C(OC)CC=C4C(C2)N(C)CCC431. The summed E-state index contributed by atoms with van der Waals surface area (Å²) in [6, 6.07) is 4.80. The van der Waals surface area contributed by atoms with Gasteiger partial charge in [-0.25, -0.2) is 0 Å². The number of ether oxygens (including phenoxy) is 3. The topological polar surface area (TPSA) is 30.9 Å². The molecule has 2 aliphatic heterocycles. The molecule has 1 fully saturated rings. The van der Waals surface area contributed by atoms with Crippen molar-refractivity contribution in [3.05, 3.63) is 34.9 Å². The van der Waals surface area contributed by atoms with E-state index in [1.54, 1.807) is 19.8 Å². The Kier molecular flexibility index (Phi) is 2.73. The highest BCUT2D eigenvalue weighted by atomic mass is 16.6. The Morgan fingerprint density at radius 1 is 1.30 bits per heavy atom. The molecule has 23 heavy (non-hydrogen) atoms. The van der Waals surface area contributed by atoms with Gasteiger partial charge in [-0.05, 0) is 50.1 Å². The first kappa shape index (κ1) is 13.9. The van der Waals surface area contributed by atoms with E-state index in [2.05, 4.69) is 30.2 Å². The van der Waals surface area contributed by atoms with Crippen LogP contribution in [0.5, 0.6) is 11.5 Å². The highest BCUT2D eigenvalue weighted by molar-refractivity contribution is 5.66. The molecule has 122 valence electrons. The van der Waals surface area contributed by atoms with Crippen LogP contribution in [0, 0.1) is 0 Å². The second kappa shape index (κ2) is 4.52. The average molecular weight is 313 g/mol. The summed E-state index contributed by atoms with van der Waals surface area (Å²) in [5.41, 5.74) is 4.37. The molecule has 1 aromatic rings. The van der Waals surface area contributed by atoms with Gasteiger partial charge in [0, 0.05) is 18.7 Å². The maximum Gasteiger partial charge on any atom is 0.166 e. The van der Waals surface area contributed by atoms with Crippen molar-refractivity contribution < 1.29 is 14.2 Å². The van der Waals surface area contributed by atoms with Gasteiger partial charge in [0.15, 0.2) is 11.5 Å². The van der Waals surface area contributed by atoms with Gasteiger partial charge in [-0.3, -0.25) is 4.90 Å². The van der Waals surface area contributed by atoms with Gasteiger partial charge in [-0.1, -0.05) is 12.1 Å². The van der Waals surface area contributed by atoms with Crippen molar-refractivity contribution >= 4 is 0 Å². The molecule has 1 aromatic carbocycles. The van der Waals surface area contributed by atoms with Crippen molar-refractivity contribution in [1.29, 1.82) is 0 Å². The molecule has 4 nitrogen and oxygen atoms in total. The molecule has 4 unspecified atom stereocenters. The van der Waals surface area contributed by atoms with E-state index in [-0.39, 0.29) is 17.6 Å². The molecule has 5 rings (SSSR count). The number of rotatable bonds is 2. The highest BCUT2D eigenvalue weighted by Crippen LogP contribution is 2.62. The molecule has 4 heteroatoms. The van der Waals surface area contributed by atoms with Crippen LogP contribution in [0.15, 0.2) is 23.8 Å². The van der Waals surface area contributed by atoms with Gasteiger partial charge in [0.05, 0.1) is 18.6 Å². The summed E-state index contributed by atoms with van der Waals surface area (Å²) in [7, 11) is 5.78. The Morgan fingerprint density at radius 3 is 2.96 bits per heavy atom. The largest absolute Gasteiger partial charge is 0.493 e. The van der Waals surface area contributed by atoms with E-state index in [1.807, 2.05) is 0 Å². The summed E-state index contributed by atoms with van der Waals surface area (Å²) in [5.74, 6) is 1.83. The van der Waals surface area contributed by atoms with Crippen LogP contribution >= 0.6 is 0 Å². The number of benzene rings is 1. The monoisotopic (exact) mass is 313 g/mol. The van der Waals surface area contributed by atoms with Crippen LogP contribution in [-0.2, 0) is 16.6 Å². The van der Waals surface area contributed by atoms with Crippen molar-refractivity contribution in [2.75, 3.05) is 27.8 Å². The number of piperidine rings is 1. The molecule has 4 atom stereocenters. The summed E-state index contributed by atoms with van der Waals surface area (Å²) >= 11 is 0. The number of hydrogen-bond donors (Lipinski definition) is 0. The lowest BCUT2D eigenvalue weighted by atomic mass is 9.56. The summed E-state index contributed by atoms with van der Waals surface area (Å²) in [6.45, 7) is 1.11. The van der Waals surface area contributed by atoms with Gasteiger partial charge in [0.1, 0.15) is 6.10 Å². The fraction of sp³-hybridized carbons (Fsp3) is 0.579. The molecular weight excluding hydrogens is 290 g/mol. The molecule has 1 spiro atoms. The molecule has 0 N–H and O–H groups in total. The second-order valence-electron chi connectivity index (χ2n) is 7.26. The van der Waals surface area contributed by atoms with Gasteiger partial charge < -0.3 is 14.2 Å². The second-order valence-corrected chi connectivity index (χ2v) is 7.26. The van der Waals surface area contributed by atoms with Crippen molar-refractivity contribution in [3.63, 3.8) is 0 Å². The maximum atomic E-state index is 6.53. The lowest BCUT2D eigenvalue weighted by Gasteiger charge is -2.54. The van der Waals surface area contributed by atoms with Crippen LogP contribution in [-0.4, -0.2) is 51.0 Å². The lowest BCUT2D eigenvalue weighted by Crippen LogP contribution is -2.61. The van der Waals surface area contributed by atoms with E-state index in [0.29, 0.717) is 6.04 Å². The van der Waals surface area contributed by atoms with Crippen LogP contribution in [0.25, 0.3) is 0 Å². The molecule has 0 saturated carbocycles. The summed E-state index contributed by atoms with van der Waals surface area (Å²) in [4.78, 5) is 2.51. The van der Waals surface area contributed by atoms with Gasteiger partial charge in [0.25, 0.3) is 0 Å². The Balaban J connectivity index is 1.81. The minimum atomic E-state index is -0.00639. The van der Waals surface area contributed by atoms with Crippen molar-refractivity contribution in [2.45, 2.75) is 42.9 Å². The molecule has 1 saturated heterocycles. The maximum absolute atomic E-state index is 6.53. The molecular formula is C19H23NO3. The molecule has 2 heterocycles. The van der Waals surface area contributed by atoms with E-state index in [0.717, 1.165) is 37.3 Å². The number of likely N-dealkylation sites (N-methyl/N-ethyl adjacent to an activating group) is 1. The Morgan fingerprint density at radius 2 is 2.17 bits per heavy atom. The smallest absolute Gasteiger partial charge is 0.166 e. The van der Waals surface area contributed by atoms with Crippen molar-refractivity contribution in [1.82, 2.24) is 4.90 Å².